The Morgan fingerprint density at radius 3 is 2.75 bits per heavy atom. The summed E-state index contributed by atoms with van der Waals surface area (Å²) < 4.78 is 8.10. The molecule has 5 nitrogen and oxygen atoms in total. The minimum absolute atomic E-state index is 0.499. The third kappa shape index (κ3) is 4.15. The van der Waals surface area contributed by atoms with Crippen LogP contribution in [0.25, 0.3) is 0 Å². The van der Waals surface area contributed by atoms with E-state index >= 15 is 0 Å². The second kappa shape index (κ2) is 7.51. The number of rotatable bonds is 6. The molecule has 0 spiro atoms. The highest BCUT2D eigenvalue weighted by atomic mass is 35.5. The van der Waals surface area contributed by atoms with E-state index in [-0.39, 0.29) is 0 Å². The maximum atomic E-state index is 6.11. The lowest BCUT2D eigenvalue weighted by atomic mass is 10.1. The minimum Gasteiger partial charge on any atom is -0.489 e. The van der Waals surface area contributed by atoms with E-state index in [9.17, 15) is 0 Å². The van der Waals surface area contributed by atoms with E-state index in [0.717, 1.165) is 16.9 Å². The van der Waals surface area contributed by atoms with Gasteiger partial charge in [-0.05, 0) is 42.9 Å². The topological polar surface area (TPSA) is 54.9 Å². The molecule has 1 heterocycles. The predicted octanol–water partition coefficient (Wildman–Crippen LogP) is 4.23. The van der Waals surface area contributed by atoms with Crippen molar-refractivity contribution in [2.45, 2.75) is 20.1 Å². The lowest BCUT2D eigenvalue weighted by Crippen LogP contribution is -2.14. The molecule has 0 amide bonds. The van der Waals surface area contributed by atoms with Gasteiger partial charge in [0.15, 0.2) is 0 Å². The van der Waals surface area contributed by atoms with Crippen molar-refractivity contribution in [2.75, 3.05) is 5.43 Å². The Hall–Kier alpha value is -2.31. The molecule has 3 aromatic rings. The molecule has 0 aliphatic carbocycles. The van der Waals surface area contributed by atoms with Crippen LogP contribution in [-0.4, -0.2) is 14.9 Å². The molecule has 3 rings (SSSR count). The molecule has 0 radical (unpaired) electrons. The van der Waals surface area contributed by atoms with Gasteiger partial charge in [0.25, 0.3) is 0 Å². The van der Waals surface area contributed by atoms with Gasteiger partial charge in [0.2, 0.25) is 4.77 Å². The Kier molecular flexibility index (Phi) is 5.17. The highest BCUT2D eigenvalue weighted by molar-refractivity contribution is 7.71. The lowest BCUT2D eigenvalue weighted by molar-refractivity contribution is 0.303. The SMILES string of the molecule is Cc1ccc(COc2ccc(Cl)cc2CNn2cn[nH]c2=S)cc1. The maximum Gasteiger partial charge on any atom is 0.214 e. The number of benzene rings is 2. The molecule has 1 aromatic heterocycles. The van der Waals surface area contributed by atoms with Crippen LogP contribution in [-0.2, 0) is 13.2 Å². The van der Waals surface area contributed by atoms with Crippen molar-refractivity contribution in [3.8, 4) is 5.75 Å². The molecule has 0 saturated heterocycles. The summed E-state index contributed by atoms with van der Waals surface area (Å²) in [5.74, 6) is 0.780. The largest absolute Gasteiger partial charge is 0.489 e. The zero-order chi connectivity index (χ0) is 16.9. The van der Waals surface area contributed by atoms with Crippen molar-refractivity contribution < 1.29 is 4.74 Å². The molecule has 2 N–H and O–H groups in total. The van der Waals surface area contributed by atoms with Gasteiger partial charge < -0.3 is 10.2 Å². The first kappa shape index (κ1) is 16.5. The van der Waals surface area contributed by atoms with Crippen molar-refractivity contribution in [2.24, 2.45) is 0 Å². The number of nitrogens with one attached hydrogen (secondary N) is 2. The fraction of sp³-hybridized carbons (Fsp3) is 0.176. The van der Waals surface area contributed by atoms with Gasteiger partial charge >= 0.3 is 0 Å². The van der Waals surface area contributed by atoms with Crippen LogP contribution in [0.3, 0.4) is 0 Å². The lowest BCUT2D eigenvalue weighted by Gasteiger charge is -2.13. The van der Waals surface area contributed by atoms with E-state index in [1.54, 1.807) is 11.0 Å². The summed E-state index contributed by atoms with van der Waals surface area (Å²) in [4.78, 5) is 0. The number of ether oxygens (including phenoxy) is 1. The number of aromatic amines is 1. The van der Waals surface area contributed by atoms with E-state index in [4.69, 9.17) is 28.6 Å². The quantitative estimate of drug-likeness (QED) is 0.646. The first-order chi connectivity index (χ1) is 11.6. The Morgan fingerprint density at radius 1 is 1.25 bits per heavy atom. The summed E-state index contributed by atoms with van der Waals surface area (Å²) in [6.07, 6.45) is 1.58. The molecule has 2 aromatic carbocycles. The van der Waals surface area contributed by atoms with Crippen LogP contribution in [0.5, 0.6) is 5.75 Å². The number of nitrogens with zero attached hydrogens (tertiary/aromatic N) is 2. The smallest absolute Gasteiger partial charge is 0.214 e. The second-order valence-corrected chi connectivity index (χ2v) is 6.22. The molecule has 124 valence electrons. The molecule has 0 unspecified atom stereocenters. The van der Waals surface area contributed by atoms with E-state index < -0.39 is 0 Å². The van der Waals surface area contributed by atoms with Crippen molar-refractivity contribution in [1.82, 2.24) is 14.9 Å². The van der Waals surface area contributed by atoms with Gasteiger partial charge in [0.05, 0.1) is 6.54 Å². The van der Waals surface area contributed by atoms with Crippen LogP contribution in [0.1, 0.15) is 16.7 Å². The molecule has 0 aliphatic heterocycles. The zero-order valence-corrected chi connectivity index (χ0v) is 14.7. The average Bonchev–Trinajstić information content (AvgIpc) is 2.98. The van der Waals surface area contributed by atoms with Gasteiger partial charge in [-0.2, -0.15) is 5.10 Å². The van der Waals surface area contributed by atoms with Crippen molar-refractivity contribution in [1.29, 1.82) is 0 Å². The fourth-order valence-electron chi connectivity index (χ4n) is 2.20. The number of hydrogen-bond acceptors (Lipinski definition) is 4. The van der Waals surface area contributed by atoms with Crippen molar-refractivity contribution in [3.05, 3.63) is 75.3 Å². The number of hydrogen-bond donors (Lipinski definition) is 2. The van der Waals surface area contributed by atoms with Crippen LogP contribution in [0.2, 0.25) is 5.02 Å². The Labute approximate surface area is 150 Å². The first-order valence-electron chi connectivity index (χ1n) is 7.44. The summed E-state index contributed by atoms with van der Waals surface area (Å²) in [7, 11) is 0. The number of aromatic nitrogens is 3. The van der Waals surface area contributed by atoms with E-state index in [0.29, 0.717) is 22.9 Å². The van der Waals surface area contributed by atoms with Crippen LogP contribution >= 0.6 is 23.8 Å². The Balaban J connectivity index is 1.71. The first-order valence-corrected chi connectivity index (χ1v) is 8.23. The molecule has 24 heavy (non-hydrogen) atoms. The fourth-order valence-corrected chi connectivity index (χ4v) is 2.56. The zero-order valence-electron chi connectivity index (χ0n) is 13.1. The van der Waals surface area contributed by atoms with Crippen LogP contribution in [0.4, 0.5) is 0 Å². The number of aryl methyl sites for hydroxylation is 1. The van der Waals surface area contributed by atoms with E-state index in [2.05, 4.69) is 46.8 Å². The highest BCUT2D eigenvalue weighted by Crippen LogP contribution is 2.24. The Bertz CT molecular complexity index is 873. The number of H-pyrrole nitrogens is 1. The van der Waals surface area contributed by atoms with E-state index in [1.165, 1.54) is 5.56 Å². The second-order valence-electron chi connectivity index (χ2n) is 5.39. The van der Waals surface area contributed by atoms with Gasteiger partial charge in [-0.25, -0.2) is 4.68 Å². The number of halogens is 1. The van der Waals surface area contributed by atoms with Gasteiger partial charge in [0, 0.05) is 10.6 Å². The molecule has 0 aliphatic rings. The third-order valence-electron chi connectivity index (χ3n) is 3.53. The molecular formula is C17H17ClN4OS. The van der Waals surface area contributed by atoms with Gasteiger partial charge in [0.1, 0.15) is 18.7 Å². The standard InChI is InChI=1S/C17H17ClN4OS/c1-12-2-4-13(5-3-12)10-23-16-7-6-15(18)8-14(16)9-20-22-11-19-21-17(22)24/h2-8,11,20H,9-10H2,1H3,(H,21,24). The molecule has 0 saturated carbocycles. The molecular weight excluding hydrogens is 344 g/mol. The normalized spacial score (nSPS) is 10.6. The van der Waals surface area contributed by atoms with Crippen molar-refractivity contribution >= 4 is 23.8 Å². The summed E-state index contributed by atoms with van der Waals surface area (Å²) in [6, 6.07) is 13.8. The summed E-state index contributed by atoms with van der Waals surface area (Å²) in [6.45, 7) is 3.08. The summed E-state index contributed by atoms with van der Waals surface area (Å²) in [5.41, 5.74) is 6.45. The molecule has 0 atom stereocenters. The molecule has 7 heteroatoms. The van der Waals surface area contributed by atoms with Crippen LogP contribution < -0.4 is 10.2 Å². The van der Waals surface area contributed by atoms with Gasteiger partial charge in [-0.1, -0.05) is 41.4 Å². The maximum absolute atomic E-state index is 6.11. The van der Waals surface area contributed by atoms with Gasteiger partial charge in [-0.15, -0.1) is 0 Å². The molecule has 0 fully saturated rings. The van der Waals surface area contributed by atoms with E-state index in [1.807, 2.05) is 18.2 Å². The van der Waals surface area contributed by atoms with Gasteiger partial charge in [-0.3, -0.25) is 5.10 Å². The summed E-state index contributed by atoms with van der Waals surface area (Å²) in [5, 5.41) is 7.22. The highest BCUT2D eigenvalue weighted by Gasteiger charge is 2.06. The third-order valence-corrected chi connectivity index (χ3v) is 4.05. The monoisotopic (exact) mass is 360 g/mol. The average molecular weight is 361 g/mol. The van der Waals surface area contributed by atoms with Crippen molar-refractivity contribution in [3.63, 3.8) is 0 Å². The van der Waals surface area contributed by atoms with Crippen LogP contribution in [0.15, 0.2) is 48.8 Å². The minimum atomic E-state index is 0.499. The predicted molar refractivity (Wildman–Crippen MR) is 97.4 cm³/mol. The Morgan fingerprint density at radius 2 is 2.04 bits per heavy atom. The van der Waals surface area contributed by atoms with Crippen LogP contribution in [0, 0.1) is 11.7 Å². The molecule has 0 bridgehead atoms. The summed E-state index contributed by atoms with van der Waals surface area (Å²) >= 11 is 11.2.